The maximum absolute atomic E-state index is 13.1. The normalized spacial score (nSPS) is 14.5. The van der Waals surface area contributed by atoms with E-state index >= 15 is 0 Å². The van der Waals surface area contributed by atoms with E-state index in [-0.39, 0.29) is 25.7 Å². The van der Waals surface area contributed by atoms with Crippen molar-refractivity contribution in [1.29, 1.82) is 0 Å². The minimum absolute atomic E-state index is 0.00522. The fraction of sp³-hybridized carbons (Fsp3) is 0.711. The average molecular weight is 1470 g/mol. The van der Waals surface area contributed by atoms with Crippen LogP contribution in [0.25, 0.3) is 0 Å². The highest BCUT2D eigenvalue weighted by Crippen LogP contribution is 2.45. The van der Waals surface area contributed by atoms with Gasteiger partial charge in [0.1, 0.15) is 19.3 Å². The summed E-state index contributed by atoms with van der Waals surface area (Å²) >= 11 is 0. The Labute approximate surface area is 619 Å². The van der Waals surface area contributed by atoms with Crippen LogP contribution in [0.15, 0.2) is 122 Å². The number of carbonyl (C=O) groups is 4. The van der Waals surface area contributed by atoms with Crippen LogP contribution in [-0.4, -0.2) is 96.7 Å². The van der Waals surface area contributed by atoms with E-state index in [1.807, 2.05) is 24.3 Å². The van der Waals surface area contributed by atoms with Gasteiger partial charge < -0.3 is 33.8 Å². The lowest BCUT2D eigenvalue weighted by atomic mass is 10.0. The van der Waals surface area contributed by atoms with Gasteiger partial charge in [0, 0.05) is 25.7 Å². The van der Waals surface area contributed by atoms with Crippen LogP contribution in [0.5, 0.6) is 0 Å². The number of phosphoric ester groups is 2. The molecule has 0 radical (unpaired) electrons. The summed E-state index contributed by atoms with van der Waals surface area (Å²) < 4.78 is 68.5. The van der Waals surface area contributed by atoms with Crippen molar-refractivity contribution in [3.05, 3.63) is 122 Å². The summed E-state index contributed by atoms with van der Waals surface area (Å²) in [5.74, 6) is -2.31. The highest BCUT2D eigenvalue weighted by molar-refractivity contribution is 7.47. The second kappa shape index (κ2) is 74.7. The molecule has 0 aliphatic carbocycles. The molecule has 3 N–H and O–H groups in total. The largest absolute Gasteiger partial charge is 0.472 e. The quantitative estimate of drug-likeness (QED) is 0.0169. The number of unbranched alkanes of at least 4 members (excludes halogenated alkanes) is 28. The zero-order valence-corrected chi connectivity index (χ0v) is 65.8. The van der Waals surface area contributed by atoms with Crippen LogP contribution in [0, 0.1) is 0 Å². The first kappa shape index (κ1) is 97.5. The Bertz CT molecular complexity index is 2410. The van der Waals surface area contributed by atoms with E-state index in [0.29, 0.717) is 38.5 Å². The number of esters is 4. The summed E-state index contributed by atoms with van der Waals surface area (Å²) in [7, 11) is -9.99. The molecule has 0 rings (SSSR count). The Morgan fingerprint density at radius 3 is 0.804 bits per heavy atom. The second-order valence-electron chi connectivity index (χ2n) is 26.3. The second-order valence-corrected chi connectivity index (χ2v) is 29.2. The molecule has 2 unspecified atom stereocenters. The Morgan fingerprint density at radius 1 is 0.275 bits per heavy atom. The van der Waals surface area contributed by atoms with Crippen LogP contribution < -0.4 is 0 Å². The van der Waals surface area contributed by atoms with Crippen molar-refractivity contribution in [1.82, 2.24) is 0 Å². The van der Waals surface area contributed by atoms with E-state index in [1.54, 1.807) is 0 Å². The molecular weight excluding hydrogens is 1330 g/mol. The standard InChI is InChI=1S/C83H142O17P2/c1-5-9-13-17-21-25-29-33-36-38-41-44-48-52-56-60-64-68-81(86)94-74-79(100-83(88)70-66-62-58-54-50-46-42-39-37-34-30-26-22-18-14-10-6-2)76-98-102(91,92)96-72-77(84)71-95-101(89,90)97-75-78(73-93-80(85)67-63-59-55-51-47-43-32-28-24-20-16-12-8-4)99-82(87)69-65-61-57-53-49-45-40-35-31-27-23-19-15-11-7-3/h21-23,25-27,33-37,40-42,44,46,52,54,56,58,77-79,84H,5-20,24,28-32,38-39,43,45,47-51,53,55,57,59-76H2,1-4H3,(H,89,90)(H,91,92)/b25-21-,26-22-,27-23-,36-33-,37-34-,40-35-,44-41-,46-42-,56-52-,58-54-/t77-,78+,79+/m0/s1. The van der Waals surface area contributed by atoms with Gasteiger partial charge in [0.05, 0.1) is 26.4 Å². The van der Waals surface area contributed by atoms with Crippen molar-refractivity contribution < 1.29 is 80.2 Å². The number of aliphatic hydroxyl groups excluding tert-OH is 1. The highest BCUT2D eigenvalue weighted by atomic mass is 31.2. The smallest absolute Gasteiger partial charge is 0.462 e. The van der Waals surface area contributed by atoms with Crippen molar-refractivity contribution >= 4 is 39.5 Å². The zero-order valence-electron chi connectivity index (χ0n) is 64.0. The molecule has 0 heterocycles. The minimum Gasteiger partial charge on any atom is -0.462 e. The predicted octanol–water partition coefficient (Wildman–Crippen LogP) is 23.1. The molecule has 0 bridgehead atoms. The first-order valence-electron chi connectivity index (χ1n) is 39.8. The number of hydrogen-bond donors (Lipinski definition) is 3. The summed E-state index contributed by atoms with van der Waals surface area (Å²) in [6.07, 6.45) is 81.9. The van der Waals surface area contributed by atoms with Gasteiger partial charge in [-0.05, 0) is 135 Å². The summed E-state index contributed by atoms with van der Waals surface area (Å²) in [5.41, 5.74) is 0. The number of carbonyl (C=O) groups excluding carboxylic acids is 4. The maximum atomic E-state index is 13.1. The van der Waals surface area contributed by atoms with E-state index in [9.17, 15) is 43.2 Å². The van der Waals surface area contributed by atoms with Gasteiger partial charge in [-0.15, -0.1) is 0 Å². The number of ether oxygens (including phenoxy) is 4. The lowest BCUT2D eigenvalue weighted by Gasteiger charge is -2.21. The molecular formula is C83H142O17P2. The highest BCUT2D eigenvalue weighted by Gasteiger charge is 2.30. The van der Waals surface area contributed by atoms with Gasteiger partial charge in [-0.3, -0.25) is 37.3 Å². The molecule has 19 heteroatoms. The molecule has 0 aromatic carbocycles. The third-order valence-corrected chi connectivity index (χ3v) is 18.3. The topological polar surface area (TPSA) is 237 Å². The fourth-order valence-corrected chi connectivity index (χ4v) is 11.9. The van der Waals surface area contributed by atoms with E-state index in [4.69, 9.17) is 37.0 Å². The van der Waals surface area contributed by atoms with E-state index in [2.05, 4.69) is 125 Å². The molecule has 17 nitrogen and oxygen atoms in total. The molecule has 0 aromatic rings. The first-order chi connectivity index (χ1) is 49.7. The Hall–Kier alpha value is -4.54. The van der Waals surface area contributed by atoms with Crippen LogP contribution in [0.1, 0.15) is 323 Å². The molecule has 586 valence electrons. The lowest BCUT2D eigenvalue weighted by molar-refractivity contribution is -0.161. The number of aliphatic hydroxyl groups is 1. The van der Waals surface area contributed by atoms with E-state index in [1.165, 1.54) is 116 Å². The summed E-state index contributed by atoms with van der Waals surface area (Å²) in [6.45, 7) is 4.67. The third-order valence-electron chi connectivity index (χ3n) is 16.4. The van der Waals surface area contributed by atoms with Gasteiger partial charge in [0.2, 0.25) is 0 Å². The van der Waals surface area contributed by atoms with Gasteiger partial charge >= 0.3 is 39.5 Å². The Balaban J connectivity index is 5.47. The van der Waals surface area contributed by atoms with Crippen LogP contribution in [0.3, 0.4) is 0 Å². The zero-order chi connectivity index (χ0) is 74.6. The van der Waals surface area contributed by atoms with Crippen LogP contribution in [-0.2, 0) is 65.4 Å². The SMILES string of the molecule is CCCCC/C=C\C/C=C\C/C=C\C/C=C\CCCC(=O)OC[C@H](COP(=O)(O)OC[C@@H](O)COP(=O)(O)OC[C@@H](COC(=O)CCCCCCCCCCCCCCC)OC(=O)CCCCCCC/C=C\C/C=C\CCCCC)OC(=O)CCC/C=C\C/C=C\C/C=C\C/C=C\CCCCC. The van der Waals surface area contributed by atoms with Crippen molar-refractivity contribution in [2.75, 3.05) is 39.6 Å². The van der Waals surface area contributed by atoms with E-state index < -0.39 is 97.5 Å². The van der Waals surface area contributed by atoms with Gasteiger partial charge in [-0.25, -0.2) is 9.13 Å². The van der Waals surface area contributed by atoms with Gasteiger partial charge in [0.25, 0.3) is 0 Å². The number of allylic oxidation sites excluding steroid dienone is 20. The molecule has 102 heavy (non-hydrogen) atoms. The van der Waals surface area contributed by atoms with Crippen molar-refractivity contribution in [2.24, 2.45) is 0 Å². The summed E-state index contributed by atoms with van der Waals surface area (Å²) in [6, 6.07) is 0. The van der Waals surface area contributed by atoms with Crippen molar-refractivity contribution in [2.45, 2.75) is 341 Å². The summed E-state index contributed by atoms with van der Waals surface area (Å²) in [4.78, 5) is 72.9. The van der Waals surface area contributed by atoms with Gasteiger partial charge in [-0.1, -0.05) is 284 Å². The number of phosphoric acid groups is 2. The third kappa shape index (κ3) is 73.8. The lowest BCUT2D eigenvalue weighted by Crippen LogP contribution is -2.30. The van der Waals surface area contributed by atoms with Crippen molar-refractivity contribution in [3.63, 3.8) is 0 Å². The molecule has 0 saturated carbocycles. The van der Waals surface area contributed by atoms with Gasteiger partial charge in [-0.2, -0.15) is 0 Å². The fourth-order valence-electron chi connectivity index (χ4n) is 10.3. The predicted molar refractivity (Wildman–Crippen MR) is 418 cm³/mol. The van der Waals surface area contributed by atoms with E-state index in [0.717, 1.165) is 116 Å². The summed E-state index contributed by atoms with van der Waals surface area (Å²) in [5, 5.41) is 10.6. The Morgan fingerprint density at radius 2 is 0.490 bits per heavy atom. The van der Waals surface area contributed by atoms with Gasteiger partial charge in [0.15, 0.2) is 12.2 Å². The van der Waals surface area contributed by atoms with Crippen LogP contribution in [0.2, 0.25) is 0 Å². The molecule has 0 saturated heterocycles. The van der Waals surface area contributed by atoms with Crippen LogP contribution in [0.4, 0.5) is 0 Å². The Kier molecular flexibility index (Phi) is 71.4. The molecule has 0 amide bonds. The maximum Gasteiger partial charge on any atom is 0.472 e. The molecule has 5 atom stereocenters. The minimum atomic E-state index is -5.01. The molecule has 0 fully saturated rings. The number of rotatable bonds is 74. The van der Waals surface area contributed by atoms with Crippen molar-refractivity contribution in [3.8, 4) is 0 Å². The molecule has 0 spiro atoms. The first-order valence-corrected chi connectivity index (χ1v) is 42.8. The number of hydrogen-bond acceptors (Lipinski definition) is 15. The molecule has 0 aliphatic rings. The monoisotopic (exact) mass is 1470 g/mol. The molecule has 0 aliphatic heterocycles. The van der Waals surface area contributed by atoms with Crippen LogP contribution >= 0.6 is 15.6 Å². The molecule has 0 aromatic heterocycles. The average Bonchev–Trinajstić information content (AvgIpc) is 0.943.